The van der Waals surface area contributed by atoms with Gasteiger partial charge in [0.2, 0.25) is 0 Å². The zero-order valence-electron chi connectivity index (χ0n) is 6.51. The highest BCUT2D eigenvalue weighted by Gasteiger charge is 2.58. The van der Waals surface area contributed by atoms with Gasteiger partial charge in [-0.2, -0.15) is 21.6 Å². The molecule has 14 heavy (non-hydrogen) atoms. The lowest BCUT2D eigenvalue weighted by molar-refractivity contribution is -0.0552. The van der Waals surface area contributed by atoms with E-state index in [1.807, 2.05) is 0 Å². The third kappa shape index (κ3) is 2.32. The van der Waals surface area contributed by atoms with E-state index in [-0.39, 0.29) is 0 Å². The Balaban J connectivity index is 2.47. The summed E-state index contributed by atoms with van der Waals surface area (Å²) in [6, 6.07) is 0. The average molecular weight is 240 g/mol. The van der Waals surface area contributed by atoms with Crippen molar-refractivity contribution in [2.45, 2.75) is 17.9 Å². The first-order valence-corrected chi connectivity index (χ1v) is 4.80. The first-order chi connectivity index (χ1) is 6.06. The average Bonchev–Trinajstić information content (AvgIpc) is 2.53. The second-order valence-corrected chi connectivity index (χ2v) is 4.45. The Labute approximate surface area is 76.0 Å². The molecule has 0 aliphatic heterocycles. The minimum Gasteiger partial charge on any atom is -0.263 e. The topological polar surface area (TPSA) is 43.4 Å². The highest BCUT2D eigenvalue weighted by molar-refractivity contribution is 7.87. The molecular weight excluding hydrogens is 235 g/mol. The lowest BCUT2D eigenvalue weighted by atomic mass is 10.5. The normalized spacial score (nSPS) is 26.2. The molecule has 9 heteroatoms. The molecule has 1 saturated carbocycles. The van der Waals surface area contributed by atoms with Gasteiger partial charge in [0.05, 0.1) is 12.5 Å². The molecule has 0 aromatic carbocycles. The quantitative estimate of drug-likeness (QED) is 0.426. The van der Waals surface area contributed by atoms with Crippen LogP contribution in [0.4, 0.5) is 22.0 Å². The van der Waals surface area contributed by atoms with E-state index in [1.165, 1.54) is 0 Å². The van der Waals surface area contributed by atoms with Crippen molar-refractivity contribution in [3.63, 3.8) is 0 Å². The molecule has 3 nitrogen and oxygen atoms in total. The van der Waals surface area contributed by atoms with E-state index in [1.54, 1.807) is 0 Å². The Bertz CT molecular complexity index is 319. The number of hydrogen-bond acceptors (Lipinski definition) is 3. The molecule has 0 bridgehead atoms. The molecule has 0 N–H and O–H groups in total. The summed E-state index contributed by atoms with van der Waals surface area (Å²) in [5.41, 5.74) is -5.56. The molecule has 0 unspecified atom stereocenters. The van der Waals surface area contributed by atoms with Crippen molar-refractivity contribution in [2.75, 3.05) is 6.61 Å². The fraction of sp³-hybridized carbons (Fsp3) is 1.00. The molecular formula is C5H5F5O3S. The van der Waals surface area contributed by atoms with Crippen LogP contribution in [-0.4, -0.2) is 26.5 Å². The minimum absolute atomic E-state index is 0.639. The number of rotatable bonds is 3. The summed E-state index contributed by atoms with van der Waals surface area (Å²) in [4.78, 5) is 0. The summed E-state index contributed by atoms with van der Waals surface area (Å²) in [7, 11) is -5.74. The van der Waals surface area contributed by atoms with Crippen LogP contribution in [0, 0.1) is 5.92 Å². The van der Waals surface area contributed by atoms with E-state index in [0.717, 1.165) is 0 Å². The Morgan fingerprint density at radius 1 is 1.36 bits per heavy atom. The summed E-state index contributed by atoms with van der Waals surface area (Å²) in [5, 5.41) is 0. The van der Waals surface area contributed by atoms with Crippen molar-refractivity contribution in [3.05, 3.63) is 0 Å². The Kier molecular flexibility index (Phi) is 2.51. The van der Waals surface area contributed by atoms with Crippen molar-refractivity contribution < 1.29 is 34.6 Å². The molecule has 0 aromatic rings. The minimum atomic E-state index is -5.74. The lowest BCUT2D eigenvalue weighted by Crippen LogP contribution is -2.26. The number of hydrogen-bond donors (Lipinski definition) is 0. The Morgan fingerprint density at radius 3 is 2.07 bits per heavy atom. The monoisotopic (exact) mass is 240 g/mol. The third-order valence-corrected chi connectivity index (χ3v) is 2.68. The Morgan fingerprint density at radius 2 is 1.79 bits per heavy atom. The summed E-state index contributed by atoms with van der Waals surface area (Å²) in [6.07, 6.45) is -0.639. The van der Waals surface area contributed by atoms with Crippen molar-refractivity contribution in [3.8, 4) is 0 Å². The van der Waals surface area contributed by atoms with Gasteiger partial charge in [0.25, 0.3) is 5.92 Å². The van der Waals surface area contributed by atoms with E-state index in [9.17, 15) is 30.4 Å². The Hall–Kier alpha value is -0.440. The van der Waals surface area contributed by atoms with Gasteiger partial charge in [-0.05, 0) is 0 Å². The van der Waals surface area contributed by atoms with E-state index in [4.69, 9.17) is 0 Å². The molecule has 1 aliphatic carbocycles. The van der Waals surface area contributed by atoms with Crippen LogP contribution in [0.15, 0.2) is 0 Å². The fourth-order valence-corrected chi connectivity index (χ4v) is 1.17. The second kappa shape index (κ2) is 3.02. The van der Waals surface area contributed by atoms with Crippen molar-refractivity contribution >= 4 is 10.1 Å². The SMILES string of the molecule is O=S(=O)(OC[C@H]1CC1(F)F)C(F)(F)F. The molecule has 0 amide bonds. The van der Waals surface area contributed by atoms with Gasteiger partial charge in [-0.25, -0.2) is 8.78 Å². The summed E-state index contributed by atoms with van der Waals surface area (Å²) >= 11 is 0. The lowest BCUT2D eigenvalue weighted by Gasteiger charge is -2.07. The predicted octanol–water partition coefficient (Wildman–Crippen LogP) is 1.51. The standard InChI is InChI=1S/C5H5F5O3S/c6-4(7)1-3(4)2-13-14(11,12)5(8,9)10/h3H,1-2H2/t3-/m1/s1. The molecule has 84 valence electrons. The maximum absolute atomic E-state index is 12.1. The summed E-state index contributed by atoms with van der Waals surface area (Å²) in [6.45, 7) is -1.13. The third-order valence-electron chi connectivity index (χ3n) is 1.66. The molecule has 0 saturated heterocycles. The van der Waals surface area contributed by atoms with Gasteiger partial charge in [-0.3, -0.25) is 4.18 Å². The van der Waals surface area contributed by atoms with Crippen LogP contribution in [0.3, 0.4) is 0 Å². The molecule has 0 aromatic heterocycles. The zero-order chi connectivity index (χ0) is 11.2. The smallest absolute Gasteiger partial charge is 0.263 e. The second-order valence-electron chi connectivity index (χ2n) is 2.85. The molecule has 1 fully saturated rings. The van der Waals surface area contributed by atoms with Crippen LogP contribution in [-0.2, 0) is 14.3 Å². The van der Waals surface area contributed by atoms with Crippen LogP contribution < -0.4 is 0 Å². The van der Waals surface area contributed by atoms with Crippen molar-refractivity contribution in [2.24, 2.45) is 5.92 Å². The van der Waals surface area contributed by atoms with Gasteiger partial charge in [0, 0.05) is 6.42 Å². The summed E-state index contributed by atoms with van der Waals surface area (Å²) in [5.74, 6) is -4.53. The van der Waals surface area contributed by atoms with Gasteiger partial charge >= 0.3 is 15.6 Å². The summed E-state index contributed by atoms with van der Waals surface area (Å²) < 4.78 is 82.8. The molecule has 0 spiro atoms. The molecule has 0 radical (unpaired) electrons. The van der Waals surface area contributed by atoms with Crippen LogP contribution in [0.2, 0.25) is 0 Å². The maximum Gasteiger partial charge on any atom is 0.523 e. The fourth-order valence-electron chi connectivity index (χ4n) is 0.689. The van der Waals surface area contributed by atoms with Crippen LogP contribution in [0.25, 0.3) is 0 Å². The first-order valence-electron chi connectivity index (χ1n) is 3.40. The largest absolute Gasteiger partial charge is 0.523 e. The molecule has 1 rings (SSSR count). The van der Waals surface area contributed by atoms with E-state index < -0.39 is 40.5 Å². The molecule has 0 heterocycles. The van der Waals surface area contributed by atoms with Crippen molar-refractivity contribution in [1.82, 2.24) is 0 Å². The van der Waals surface area contributed by atoms with Gasteiger partial charge in [-0.15, -0.1) is 0 Å². The van der Waals surface area contributed by atoms with Crippen molar-refractivity contribution in [1.29, 1.82) is 0 Å². The van der Waals surface area contributed by atoms with E-state index in [2.05, 4.69) is 4.18 Å². The van der Waals surface area contributed by atoms with Gasteiger partial charge in [0.1, 0.15) is 0 Å². The van der Waals surface area contributed by atoms with Crippen LogP contribution >= 0.6 is 0 Å². The van der Waals surface area contributed by atoms with Crippen LogP contribution in [0.5, 0.6) is 0 Å². The number of alkyl halides is 5. The predicted molar refractivity (Wildman–Crippen MR) is 34.0 cm³/mol. The van der Waals surface area contributed by atoms with Crippen LogP contribution in [0.1, 0.15) is 6.42 Å². The maximum atomic E-state index is 12.1. The van der Waals surface area contributed by atoms with Gasteiger partial charge in [-0.1, -0.05) is 0 Å². The molecule has 1 aliphatic rings. The number of halogens is 5. The first kappa shape index (κ1) is 11.6. The van der Waals surface area contributed by atoms with Gasteiger partial charge < -0.3 is 0 Å². The van der Waals surface area contributed by atoms with E-state index in [0.29, 0.717) is 0 Å². The highest BCUT2D eigenvalue weighted by atomic mass is 32.2. The highest BCUT2D eigenvalue weighted by Crippen LogP contribution is 2.49. The van der Waals surface area contributed by atoms with Gasteiger partial charge in [0.15, 0.2) is 0 Å². The van der Waals surface area contributed by atoms with E-state index >= 15 is 0 Å². The zero-order valence-corrected chi connectivity index (χ0v) is 7.33. The molecule has 1 atom stereocenters.